The van der Waals surface area contributed by atoms with E-state index >= 15 is 0 Å². The van der Waals surface area contributed by atoms with Gasteiger partial charge >= 0.3 is 0 Å². The average molecular weight is 204 g/mol. The molecule has 0 spiro atoms. The predicted octanol–water partition coefficient (Wildman–Crippen LogP) is 2.74. The molecule has 0 aliphatic carbocycles. The second kappa shape index (κ2) is 6.23. The highest BCUT2D eigenvalue weighted by Crippen LogP contribution is 2.22. The average Bonchev–Trinajstić information content (AvgIpc) is 2.29. The Morgan fingerprint density at radius 2 is 1.80 bits per heavy atom. The van der Waals surface area contributed by atoms with E-state index in [9.17, 15) is 0 Å². The molecule has 0 saturated carbocycles. The molecular formula is C13H16O2. The molecule has 0 radical (unpaired) electrons. The SMILES string of the molecule is C#Cc1ccccc1C(OCC)OCC. The molecule has 0 aromatic heterocycles. The van der Waals surface area contributed by atoms with Crippen LogP contribution in [0.5, 0.6) is 0 Å². The minimum atomic E-state index is -0.354. The van der Waals surface area contributed by atoms with Crippen LogP contribution in [-0.4, -0.2) is 13.2 Å². The Labute approximate surface area is 91.2 Å². The lowest BCUT2D eigenvalue weighted by atomic mass is 10.1. The Morgan fingerprint density at radius 1 is 1.20 bits per heavy atom. The van der Waals surface area contributed by atoms with Crippen LogP contribution in [0.15, 0.2) is 24.3 Å². The van der Waals surface area contributed by atoms with Crippen molar-refractivity contribution in [2.24, 2.45) is 0 Å². The molecular weight excluding hydrogens is 188 g/mol. The van der Waals surface area contributed by atoms with Crippen LogP contribution in [0.3, 0.4) is 0 Å². The minimum absolute atomic E-state index is 0.354. The highest BCUT2D eigenvalue weighted by Gasteiger charge is 2.13. The molecule has 80 valence electrons. The fourth-order valence-electron chi connectivity index (χ4n) is 1.36. The third kappa shape index (κ3) is 3.09. The van der Waals surface area contributed by atoms with Gasteiger partial charge in [0.1, 0.15) is 0 Å². The van der Waals surface area contributed by atoms with E-state index in [0.29, 0.717) is 13.2 Å². The predicted molar refractivity (Wildman–Crippen MR) is 60.4 cm³/mol. The van der Waals surface area contributed by atoms with Crippen molar-refractivity contribution in [1.29, 1.82) is 0 Å². The zero-order chi connectivity index (χ0) is 11.1. The summed E-state index contributed by atoms with van der Waals surface area (Å²) in [7, 11) is 0. The van der Waals surface area contributed by atoms with Crippen LogP contribution < -0.4 is 0 Å². The summed E-state index contributed by atoms with van der Waals surface area (Å²) in [4.78, 5) is 0. The van der Waals surface area contributed by atoms with Crippen LogP contribution in [0.1, 0.15) is 31.3 Å². The van der Waals surface area contributed by atoms with Crippen molar-refractivity contribution in [1.82, 2.24) is 0 Å². The summed E-state index contributed by atoms with van der Waals surface area (Å²) in [5, 5.41) is 0. The third-order valence-electron chi connectivity index (χ3n) is 2.01. The molecule has 0 N–H and O–H groups in total. The van der Waals surface area contributed by atoms with E-state index in [0.717, 1.165) is 11.1 Å². The van der Waals surface area contributed by atoms with Gasteiger partial charge in [0.25, 0.3) is 0 Å². The van der Waals surface area contributed by atoms with Crippen LogP contribution >= 0.6 is 0 Å². The van der Waals surface area contributed by atoms with Crippen molar-refractivity contribution in [3.8, 4) is 12.3 Å². The first-order valence-corrected chi connectivity index (χ1v) is 5.12. The summed E-state index contributed by atoms with van der Waals surface area (Å²) in [6.07, 6.45) is 5.07. The van der Waals surface area contributed by atoms with E-state index in [-0.39, 0.29) is 6.29 Å². The van der Waals surface area contributed by atoms with Crippen molar-refractivity contribution in [3.63, 3.8) is 0 Å². The zero-order valence-corrected chi connectivity index (χ0v) is 9.19. The highest BCUT2D eigenvalue weighted by molar-refractivity contribution is 5.40. The molecule has 2 nitrogen and oxygen atoms in total. The van der Waals surface area contributed by atoms with Gasteiger partial charge < -0.3 is 9.47 Å². The van der Waals surface area contributed by atoms with Crippen molar-refractivity contribution in [3.05, 3.63) is 35.4 Å². The number of rotatable bonds is 5. The number of hydrogen-bond acceptors (Lipinski definition) is 2. The van der Waals surface area contributed by atoms with Gasteiger partial charge in [-0.15, -0.1) is 6.42 Å². The van der Waals surface area contributed by atoms with Crippen LogP contribution in [0, 0.1) is 12.3 Å². The molecule has 0 heterocycles. The van der Waals surface area contributed by atoms with Gasteiger partial charge in [-0.3, -0.25) is 0 Å². The van der Waals surface area contributed by atoms with Crippen molar-refractivity contribution in [2.75, 3.05) is 13.2 Å². The van der Waals surface area contributed by atoms with Crippen molar-refractivity contribution >= 4 is 0 Å². The van der Waals surface area contributed by atoms with E-state index < -0.39 is 0 Å². The lowest BCUT2D eigenvalue weighted by molar-refractivity contribution is -0.140. The first kappa shape index (κ1) is 11.8. The fourth-order valence-corrected chi connectivity index (χ4v) is 1.36. The summed E-state index contributed by atoms with van der Waals surface area (Å²) in [6, 6.07) is 7.67. The van der Waals surface area contributed by atoms with E-state index in [1.807, 2.05) is 38.1 Å². The Morgan fingerprint density at radius 3 is 2.33 bits per heavy atom. The molecule has 1 rings (SSSR count). The smallest absolute Gasteiger partial charge is 0.184 e. The van der Waals surface area contributed by atoms with Gasteiger partial charge in [-0.2, -0.15) is 0 Å². The van der Waals surface area contributed by atoms with E-state index in [1.54, 1.807) is 0 Å². The molecule has 0 saturated heterocycles. The van der Waals surface area contributed by atoms with Gasteiger partial charge in [-0.1, -0.05) is 24.1 Å². The lowest BCUT2D eigenvalue weighted by Crippen LogP contribution is -2.10. The second-order valence-electron chi connectivity index (χ2n) is 2.97. The monoisotopic (exact) mass is 204 g/mol. The Hall–Kier alpha value is -1.30. The first-order valence-electron chi connectivity index (χ1n) is 5.12. The first-order chi connectivity index (χ1) is 7.33. The number of ether oxygens (including phenoxy) is 2. The van der Waals surface area contributed by atoms with Crippen LogP contribution in [0.25, 0.3) is 0 Å². The van der Waals surface area contributed by atoms with E-state index in [2.05, 4.69) is 5.92 Å². The topological polar surface area (TPSA) is 18.5 Å². The van der Waals surface area contributed by atoms with Gasteiger partial charge in [0.2, 0.25) is 0 Å². The normalized spacial score (nSPS) is 10.3. The molecule has 0 aliphatic rings. The quantitative estimate of drug-likeness (QED) is 0.542. The maximum absolute atomic E-state index is 5.49. The summed E-state index contributed by atoms with van der Waals surface area (Å²) in [6.45, 7) is 5.07. The minimum Gasteiger partial charge on any atom is -0.349 e. The van der Waals surface area contributed by atoms with Crippen molar-refractivity contribution in [2.45, 2.75) is 20.1 Å². The molecule has 0 unspecified atom stereocenters. The number of terminal acetylenes is 1. The summed E-state index contributed by atoms with van der Waals surface area (Å²) >= 11 is 0. The Kier molecular flexibility index (Phi) is 4.89. The molecule has 0 amide bonds. The second-order valence-corrected chi connectivity index (χ2v) is 2.97. The van der Waals surface area contributed by atoms with E-state index in [1.165, 1.54) is 0 Å². The third-order valence-corrected chi connectivity index (χ3v) is 2.01. The Bertz CT molecular complexity index is 333. The van der Waals surface area contributed by atoms with Gasteiger partial charge in [0.05, 0.1) is 0 Å². The molecule has 0 fully saturated rings. The van der Waals surface area contributed by atoms with Gasteiger partial charge in [0, 0.05) is 24.3 Å². The molecule has 0 aliphatic heterocycles. The molecule has 2 heteroatoms. The van der Waals surface area contributed by atoms with Crippen LogP contribution in [0.4, 0.5) is 0 Å². The van der Waals surface area contributed by atoms with Gasteiger partial charge in [-0.25, -0.2) is 0 Å². The number of hydrogen-bond donors (Lipinski definition) is 0. The fraction of sp³-hybridized carbons (Fsp3) is 0.385. The summed E-state index contributed by atoms with van der Waals surface area (Å²) in [5.74, 6) is 2.63. The Balaban J connectivity index is 2.94. The summed E-state index contributed by atoms with van der Waals surface area (Å²) < 4.78 is 11.0. The largest absolute Gasteiger partial charge is 0.349 e. The lowest BCUT2D eigenvalue weighted by Gasteiger charge is -2.18. The van der Waals surface area contributed by atoms with Crippen LogP contribution in [-0.2, 0) is 9.47 Å². The molecule has 1 aromatic carbocycles. The molecule has 0 bridgehead atoms. The molecule has 15 heavy (non-hydrogen) atoms. The maximum Gasteiger partial charge on any atom is 0.184 e. The van der Waals surface area contributed by atoms with Gasteiger partial charge in [0.15, 0.2) is 6.29 Å². The molecule has 1 aromatic rings. The number of benzene rings is 1. The van der Waals surface area contributed by atoms with E-state index in [4.69, 9.17) is 15.9 Å². The standard InChI is InChI=1S/C13H16O2/c1-4-11-9-7-8-10-12(11)13(14-5-2)15-6-3/h1,7-10,13H,5-6H2,2-3H3. The van der Waals surface area contributed by atoms with Crippen molar-refractivity contribution < 1.29 is 9.47 Å². The maximum atomic E-state index is 5.49. The van der Waals surface area contributed by atoms with Gasteiger partial charge in [-0.05, 0) is 19.9 Å². The van der Waals surface area contributed by atoms with Crippen LogP contribution in [0.2, 0.25) is 0 Å². The zero-order valence-electron chi connectivity index (χ0n) is 9.19. The molecule has 0 atom stereocenters. The highest BCUT2D eigenvalue weighted by atomic mass is 16.7. The summed E-state index contributed by atoms with van der Waals surface area (Å²) in [5.41, 5.74) is 1.74.